The molecule has 0 saturated heterocycles. The smallest absolute Gasteiger partial charge is 0.164 e. The number of hydrogen-bond acceptors (Lipinski definition) is 12. The lowest BCUT2D eigenvalue weighted by atomic mass is 9.89. The maximum absolute atomic E-state index is 6.74. The fourth-order valence-corrected chi connectivity index (χ4v) is 18.2. The number of aromatic nitrogens is 8. The summed E-state index contributed by atoms with van der Waals surface area (Å²) < 4.78 is 26.9. The van der Waals surface area contributed by atoms with Gasteiger partial charge in [-0.25, -0.2) is 39.9 Å². The lowest BCUT2D eigenvalue weighted by molar-refractivity contribution is 0.668. The number of para-hydroxylation sites is 8. The van der Waals surface area contributed by atoms with E-state index in [1.54, 1.807) is 0 Å². The van der Waals surface area contributed by atoms with Crippen LogP contribution >= 0.6 is 0 Å². The summed E-state index contributed by atoms with van der Waals surface area (Å²) in [6, 6.07) is 114. The Morgan fingerprint density at radius 2 is 0.467 bits per heavy atom. The van der Waals surface area contributed by atoms with Crippen molar-refractivity contribution in [2.24, 2.45) is 0 Å². The first-order chi connectivity index (χ1) is 59.9. The SMILES string of the molecule is Cc1cc(C)cc(-c2nc(-c3ccc(-c4nc5ccccc5c5c(-c6cccc7c6oc6ccccc67)c6c(cc45)oc4ccccc46)cc3)nc(-c3cc(C)cc(C)c3)n2)c1.Cc1ccc(-c2nc(-c3ccc(C)cc3)nc(-c3ccc(-c4nc5ccccc5c5c(-c6cccc7c6oc6ccccc67)c6c(cc45)oc4ccccc46)cc3)n2)cc1. The largest absolute Gasteiger partial charge is 0.456 e. The topological polar surface area (TPSA) is 156 Å². The summed E-state index contributed by atoms with van der Waals surface area (Å²) in [7, 11) is 0. The molecule has 0 fully saturated rings. The van der Waals surface area contributed by atoms with Crippen molar-refractivity contribution in [2.75, 3.05) is 0 Å². The Hall–Kier alpha value is -15.9. The number of nitrogens with zero attached hydrogens (tertiary/aromatic N) is 8. The van der Waals surface area contributed by atoms with Gasteiger partial charge in [0.1, 0.15) is 44.7 Å². The van der Waals surface area contributed by atoms with Gasteiger partial charge < -0.3 is 17.7 Å². The number of hydrogen-bond donors (Lipinski definition) is 0. The summed E-state index contributed by atoms with van der Waals surface area (Å²) in [4.78, 5) is 41.0. The van der Waals surface area contributed by atoms with Crippen LogP contribution in [0.25, 0.3) is 244 Å². The Kier molecular flexibility index (Phi) is 16.6. The molecule has 12 heteroatoms. The minimum atomic E-state index is 0.601. The van der Waals surface area contributed by atoms with Gasteiger partial charge >= 0.3 is 0 Å². The third-order valence-electron chi connectivity index (χ3n) is 23.7. The zero-order valence-electron chi connectivity index (χ0n) is 67.4. The average Bonchev–Trinajstić information content (AvgIpc) is 1.52. The predicted octanol–water partition coefficient (Wildman–Crippen LogP) is 29.3. The van der Waals surface area contributed by atoms with Gasteiger partial charge in [-0.2, -0.15) is 0 Å². The fraction of sp³-hybridized carbons (Fsp3) is 0.0545. The van der Waals surface area contributed by atoms with Crippen molar-refractivity contribution in [3.63, 3.8) is 0 Å². The molecule has 0 unspecified atom stereocenters. The van der Waals surface area contributed by atoms with Crippen LogP contribution in [0, 0.1) is 41.5 Å². The summed E-state index contributed by atoms with van der Waals surface area (Å²) in [6.45, 7) is 12.6. The molecule has 24 aromatic rings. The maximum atomic E-state index is 6.74. The molecule has 0 amide bonds. The second-order valence-corrected chi connectivity index (χ2v) is 32.1. The summed E-state index contributed by atoms with van der Waals surface area (Å²) in [5.41, 5.74) is 28.8. The Balaban J connectivity index is 0.000000142. The van der Waals surface area contributed by atoms with Crippen molar-refractivity contribution in [3.05, 3.63) is 361 Å². The highest BCUT2D eigenvalue weighted by Gasteiger charge is 2.28. The van der Waals surface area contributed by atoms with E-state index in [4.69, 9.17) is 57.5 Å². The van der Waals surface area contributed by atoms with Gasteiger partial charge in [0.15, 0.2) is 34.9 Å². The molecule has 0 aliphatic rings. The summed E-state index contributed by atoms with van der Waals surface area (Å²) >= 11 is 0. The van der Waals surface area contributed by atoms with E-state index >= 15 is 0 Å². The van der Waals surface area contributed by atoms with Crippen LogP contribution in [-0.2, 0) is 0 Å². The fourth-order valence-electron chi connectivity index (χ4n) is 18.2. The minimum absolute atomic E-state index is 0.601. The Morgan fingerprint density at radius 1 is 0.180 bits per heavy atom. The molecule has 8 heterocycles. The molecule has 0 bridgehead atoms. The molecule has 0 spiro atoms. The van der Waals surface area contributed by atoms with E-state index in [2.05, 4.69) is 321 Å². The number of benzene rings is 16. The third kappa shape index (κ3) is 12.1. The lowest BCUT2D eigenvalue weighted by Crippen LogP contribution is -2.01. The van der Waals surface area contributed by atoms with Gasteiger partial charge in [0.2, 0.25) is 0 Å². The Bertz CT molecular complexity index is 8280. The molecule has 8 aromatic heterocycles. The number of fused-ring (bicyclic) bond motifs is 18. The third-order valence-corrected chi connectivity index (χ3v) is 23.7. The van der Waals surface area contributed by atoms with Gasteiger partial charge in [0, 0.05) is 142 Å². The van der Waals surface area contributed by atoms with Crippen LogP contribution < -0.4 is 0 Å². The monoisotopic (exact) mass is 1570 g/mol. The molecule has 576 valence electrons. The molecule has 16 aromatic carbocycles. The van der Waals surface area contributed by atoms with Crippen LogP contribution in [0.3, 0.4) is 0 Å². The summed E-state index contributed by atoms with van der Waals surface area (Å²) in [5, 5.41) is 14.8. The highest BCUT2D eigenvalue weighted by atomic mass is 16.3. The van der Waals surface area contributed by atoms with Crippen molar-refractivity contribution in [2.45, 2.75) is 41.5 Å². The normalized spacial score (nSPS) is 11.9. The molecule has 122 heavy (non-hydrogen) atoms. The first-order valence-electron chi connectivity index (χ1n) is 41.1. The second-order valence-electron chi connectivity index (χ2n) is 32.1. The second kappa shape index (κ2) is 28.4. The number of pyridine rings is 2. The standard InChI is InChI=1S/C56H38N4O2.C54H34N4O2/c1-31-24-32(2)27-37(26-31)55-58-54(59-56(60-55)38-28-33(3)25-34(4)29-38)36-22-20-35(21-23-36)52-44-30-48-50(42-14-7-10-19-47(42)61-48)51(49(44)41-13-5-8-17-45(41)57-52)43-16-11-15-40-39-12-6-9-18-46(39)62-53(40)43;1-31-18-22-34(23-19-31)52-56-53(35-24-20-32(2)21-25-35)58-54(57-52)36-28-26-33(27-29-36)50-42-30-46-48(40-12-5-8-17-45(40)59-46)49(47(42)39-11-3-6-15-43(39)55-50)41-14-9-13-38-37-10-4-7-16-44(37)60-51(38)41/h5-30H,1-4H3;3-30H,1-2H3. The molecule has 12 nitrogen and oxygen atoms in total. The van der Waals surface area contributed by atoms with Gasteiger partial charge in [-0.05, 0) is 114 Å². The van der Waals surface area contributed by atoms with Crippen LogP contribution in [0.4, 0.5) is 0 Å². The van der Waals surface area contributed by atoms with E-state index in [1.807, 2.05) is 48.5 Å². The first kappa shape index (κ1) is 71.4. The lowest BCUT2D eigenvalue weighted by Gasteiger charge is -2.16. The summed E-state index contributed by atoms with van der Waals surface area (Å²) in [6.07, 6.45) is 0. The molecular weight excluding hydrogens is 1500 g/mol. The van der Waals surface area contributed by atoms with E-state index in [0.717, 1.165) is 232 Å². The van der Waals surface area contributed by atoms with Gasteiger partial charge in [-0.15, -0.1) is 0 Å². The van der Waals surface area contributed by atoms with Gasteiger partial charge in [-0.1, -0.05) is 288 Å². The quantitative estimate of drug-likeness (QED) is 0.120. The van der Waals surface area contributed by atoms with E-state index in [0.29, 0.717) is 34.9 Å². The molecule has 24 rings (SSSR count). The number of rotatable bonds is 10. The van der Waals surface area contributed by atoms with Gasteiger partial charge in [-0.3, -0.25) is 0 Å². The number of furan rings is 4. The summed E-state index contributed by atoms with van der Waals surface area (Å²) in [5.74, 6) is 3.75. The molecule has 0 N–H and O–H groups in total. The van der Waals surface area contributed by atoms with Crippen LogP contribution in [0.15, 0.2) is 345 Å². The highest BCUT2D eigenvalue weighted by Crippen LogP contribution is 2.52. The van der Waals surface area contributed by atoms with E-state index < -0.39 is 0 Å². The average molecular weight is 1570 g/mol. The van der Waals surface area contributed by atoms with Crippen molar-refractivity contribution in [1.82, 2.24) is 39.9 Å². The number of aryl methyl sites for hydroxylation is 6. The Morgan fingerprint density at radius 3 is 0.828 bits per heavy atom. The zero-order chi connectivity index (χ0) is 81.5. The molecule has 0 radical (unpaired) electrons. The first-order valence-corrected chi connectivity index (χ1v) is 41.1. The van der Waals surface area contributed by atoms with Crippen molar-refractivity contribution < 1.29 is 17.7 Å². The Labute approximate surface area is 699 Å². The van der Waals surface area contributed by atoms with Crippen molar-refractivity contribution >= 4 is 131 Å². The van der Waals surface area contributed by atoms with Crippen LogP contribution in [-0.4, -0.2) is 39.9 Å². The van der Waals surface area contributed by atoms with Crippen LogP contribution in [0.1, 0.15) is 33.4 Å². The van der Waals surface area contributed by atoms with E-state index in [9.17, 15) is 0 Å². The van der Waals surface area contributed by atoms with Crippen molar-refractivity contribution in [1.29, 1.82) is 0 Å². The van der Waals surface area contributed by atoms with Crippen molar-refractivity contribution in [3.8, 4) is 113 Å². The molecule has 0 saturated carbocycles. The maximum Gasteiger partial charge on any atom is 0.164 e. The molecular formula is C110H72N8O4. The highest BCUT2D eigenvalue weighted by molar-refractivity contribution is 6.32. The zero-order valence-corrected chi connectivity index (χ0v) is 67.4. The minimum Gasteiger partial charge on any atom is -0.456 e. The van der Waals surface area contributed by atoms with Crippen LogP contribution in [0.5, 0.6) is 0 Å². The van der Waals surface area contributed by atoms with Crippen LogP contribution in [0.2, 0.25) is 0 Å². The molecule has 0 atom stereocenters. The van der Waals surface area contributed by atoms with E-state index in [-0.39, 0.29) is 0 Å². The molecule has 0 aliphatic heterocycles. The van der Waals surface area contributed by atoms with E-state index in [1.165, 1.54) is 11.1 Å². The van der Waals surface area contributed by atoms with Gasteiger partial charge in [0.05, 0.1) is 22.4 Å². The predicted molar refractivity (Wildman–Crippen MR) is 497 cm³/mol. The molecule has 0 aliphatic carbocycles. The van der Waals surface area contributed by atoms with Gasteiger partial charge in [0.25, 0.3) is 0 Å².